The molecule has 0 aliphatic carbocycles. The lowest BCUT2D eigenvalue weighted by atomic mass is 10.1. The first-order valence-electron chi connectivity index (χ1n) is 6.33. The SMILES string of the molecule is O=C(/C=C/c1ccc(C(=O)O)cc1)NCCc1nccs1. The normalized spacial score (nSPS) is 10.7. The van der Waals surface area contributed by atoms with Crippen LogP contribution in [0.25, 0.3) is 6.08 Å². The number of benzene rings is 1. The number of carbonyl (C=O) groups excluding carboxylic acids is 1. The van der Waals surface area contributed by atoms with Gasteiger partial charge in [0.2, 0.25) is 5.91 Å². The minimum absolute atomic E-state index is 0.186. The molecular formula is C15H14N2O3S. The van der Waals surface area contributed by atoms with E-state index in [4.69, 9.17) is 5.11 Å². The highest BCUT2D eigenvalue weighted by molar-refractivity contribution is 7.09. The molecule has 2 aromatic rings. The van der Waals surface area contributed by atoms with Gasteiger partial charge in [-0.3, -0.25) is 4.79 Å². The Bertz CT molecular complexity index is 633. The number of carboxylic acids is 1. The Balaban J connectivity index is 1.80. The molecule has 21 heavy (non-hydrogen) atoms. The number of hydrogen-bond donors (Lipinski definition) is 2. The van der Waals surface area contributed by atoms with Crippen LogP contribution in [0.15, 0.2) is 41.9 Å². The number of nitrogens with zero attached hydrogens (tertiary/aromatic N) is 1. The molecule has 1 aromatic heterocycles. The van der Waals surface area contributed by atoms with Gasteiger partial charge in [-0.1, -0.05) is 12.1 Å². The Labute approximate surface area is 126 Å². The molecule has 0 saturated heterocycles. The van der Waals surface area contributed by atoms with E-state index in [0.29, 0.717) is 13.0 Å². The van der Waals surface area contributed by atoms with Crippen molar-refractivity contribution in [1.82, 2.24) is 10.3 Å². The van der Waals surface area contributed by atoms with Gasteiger partial charge in [-0.2, -0.15) is 0 Å². The summed E-state index contributed by atoms with van der Waals surface area (Å²) in [6, 6.07) is 6.32. The molecule has 0 aliphatic rings. The molecule has 0 unspecified atom stereocenters. The third-order valence-corrected chi connectivity index (χ3v) is 3.55. The highest BCUT2D eigenvalue weighted by Crippen LogP contribution is 2.06. The fourth-order valence-corrected chi connectivity index (χ4v) is 2.26. The first-order chi connectivity index (χ1) is 10.1. The van der Waals surface area contributed by atoms with Gasteiger partial charge in [0.05, 0.1) is 10.6 Å². The van der Waals surface area contributed by atoms with E-state index in [9.17, 15) is 9.59 Å². The number of nitrogens with one attached hydrogen (secondary N) is 1. The Morgan fingerprint density at radius 2 is 2.05 bits per heavy atom. The van der Waals surface area contributed by atoms with E-state index in [-0.39, 0.29) is 11.5 Å². The van der Waals surface area contributed by atoms with Crippen molar-refractivity contribution in [3.8, 4) is 0 Å². The average molecular weight is 302 g/mol. The number of carboxylic acid groups (broad SMARTS) is 1. The third-order valence-electron chi connectivity index (χ3n) is 2.71. The van der Waals surface area contributed by atoms with Crippen LogP contribution in [0.2, 0.25) is 0 Å². The van der Waals surface area contributed by atoms with Crippen LogP contribution in [-0.2, 0) is 11.2 Å². The van der Waals surface area contributed by atoms with Gasteiger partial charge in [0.1, 0.15) is 0 Å². The number of carbonyl (C=O) groups is 2. The number of amides is 1. The van der Waals surface area contributed by atoms with Crippen molar-refractivity contribution >= 4 is 29.3 Å². The number of hydrogen-bond acceptors (Lipinski definition) is 4. The zero-order valence-electron chi connectivity index (χ0n) is 11.2. The van der Waals surface area contributed by atoms with Crippen LogP contribution in [0, 0.1) is 0 Å². The maximum atomic E-state index is 11.6. The van der Waals surface area contributed by atoms with Crippen LogP contribution >= 0.6 is 11.3 Å². The molecule has 108 valence electrons. The first-order valence-corrected chi connectivity index (χ1v) is 7.21. The molecule has 2 rings (SSSR count). The predicted molar refractivity (Wildman–Crippen MR) is 81.3 cm³/mol. The summed E-state index contributed by atoms with van der Waals surface area (Å²) in [5, 5.41) is 14.4. The summed E-state index contributed by atoms with van der Waals surface area (Å²) >= 11 is 1.56. The van der Waals surface area contributed by atoms with Gasteiger partial charge in [0.15, 0.2) is 0 Å². The quantitative estimate of drug-likeness (QED) is 0.802. The molecule has 0 fully saturated rings. The summed E-state index contributed by atoms with van der Waals surface area (Å²) in [7, 11) is 0. The lowest BCUT2D eigenvalue weighted by Crippen LogP contribution is -2.23. The summed E-state index contributed by atoms with van der Waals surface area (Å²) in [6.07, 6.45) is 5.52. The van der Waals surface area contributed by atoms with Gasteiger partial charge in [-0.25, -0.2) is 9.78 Å². The van der Waals surface area contributed by atoms with Crippen LogP contribution < -0.4 is 5.32 Å². The molecule has 0 atom stereocenters. The summed E-state index contributed by atoms with van der Waals surface area (Å²) in [4.78, 5) is 26.4. The van der Waals surface area contributed by atoms with E-state index >= 15 is 0 Å². The summed E-state index contributed by atoms with van der Waals surface area (Å²) in [5.74, 6) is -1.15. The predicted octanol–water partition coefficient (Wildman–Crippen LogP) is 2.21. The van der Waals surface area contributed by atoms with Gasteiger partial charge in [-0.05, 0) is 23.8 Å². The van der Waals surface area contributed by atoms with Crippen molar-refractivity contribution < 1.29 is 14.7 Å². The molecule has 1 amide bonds. The largest absolute Gasteiger partial charge is 0.478 e. The van der Waals surface area contributed by atoms with Crippen LogP contribution in [-0.4, -0.2) is 28.5 Å². The van der Waals surface area contributed by atoms with Crippen molar-refractivity contribution in [1.29, 1.82) is 0 Å². The maximum absolute atomic E-state index is 11.6. The fraction of sp³-hybridized carbons (Fsp3) is 0.133. The van der Waals surface area contributed by atoms with Crippen LogP contribution in [0.5, 0.6) is 0 Å². The summed E-state index contributed by atoms with van der Waals surface area (Å²) in [5.41, 5.74) is 0.995. The van der Waals surface area contributed by atoms with E-state index in [1.54, 1.807) is 35.7 Å². The van der Waals surface area contributed by atoms with Gasteiger partial charge in [0, 0.05) is 30.6 Å². The average Bonchev–Trinajstić information content (AvgIpc) is 2.99. The molecule has 0 spiro atoms. The van der Waals surface area contributed by atoms with Crippen molar-refractivity contribution in [2.75, 3.05) is 6.54 Å². The summed E-state index contributed by atoms with van der Waals surface area (Å²) in [6.45, 7) is 0.536. The zero-order chi connectivity index (χ0) is 15.1. The second-order valence-electron chi connectivity index (χ2n) is 4.23. The molecule has 0 radical (unpaired) electrons. The lowest BCUT2D eigenvalue weighted by Gasteiger charge is -2.00. The molecule has 0 bridgehead atoms. The van der Waals surface area contributed by atoms with Gasteiger partial charge in [0.25, 0.3) is 0 Å². The molecule has 1 heterocycles. The Morgan fingerprint density at radius 3 is 2.67 bits per heavy atom. The third kappa shape index (κ3) is 4.85. The number of thiazole rings is 1. The Morgan fingerprint density at radius 1 is 1.29 bits per heavy atom. The zero-order valence-corrected chi connectivity index (χ0v) is 12.0. The molecule has 6 heteroatoms. The molecule has 0 aliphatic heterocycles. The number of aromatic carboxylic acids is 1. The number of aromatic nitrogens is 1. The number of rotatable bonds is 6. The molecule has 1 aromatic carbocycles. The Hall–Kier alpha value is -2.47. The van der Waals surface area contributed by atoms with E-state index in [0.717, 1.165) is 10.6 Å². The van der Waals surface area contributed by atoms with Crippen molar-refractivity contribution in [2.24, 2.45) is 0 Å². The highest BCUT2D eigenvalue weighted by atomic mass is 32.1. The van der Waals surface area contributed by atoms with Crippen LogP contribution in [0.1, 0.15) is 20.9 Å². The summed E-state index contributed by atoms with van der Waals surface area (Å²) < 4.78 is 0. The molecule has 0 saturated carbocycles. The van der Waals surface area contributed by atoms with Crippen molar-refractivity contribution in [3.63, 3.8) is 0 Å². The molecular weight excluding hydrogens is 288 g/mol. The Kier molecular flexibility index (Phi) is 5.22. The van der Waals surface area contributed by atoms with Crippen LogP contribution in [0.3, 0.4) is 0 Å². The van der Waals surface area contributed by atoms with Gasteiger partial charge < -0.3 is 10.4 Å². The van der Waals surface area contributed by atoms with E-state index in [1.165, 1.54) is 18.2 Å². The van der Waals surface area contributed by atoms with Crippen molar-refractivity contribution in [3.05, 3.63) is 58.1 Å². The van der Waals surface area contributed by atoms with E-state index in [2.05, 4.69) is 10.3 Å². The van der Waals surface area contributed by atoms with Gasteiger partial charge >= 0.3 is 5.97 Å². The van der Waals surface area contributed by atoms with Crippen LogP contribution in [0.4, 0.5) is 0 Å². The molecule has 2 N–H and O–H groups in total. The van der Waals surface area contributed by atoms with Crippen molar-refractivity contribution in [2.45, 2.75) is 6.42 Å². The smallest absolute Gasteiger partial charge is 0.335 e. The van der Waals surface area contributed by atoms with Gasteiger partial charge in [-0.15, -0.1) is 11.3 Å². The maximum Gasteiger partial charge on any atom is 0.335 e. The topological polar surface area (TPSA) is 79.3 Å². The minimum Gasteiger partial charge on any atom is -0.478 e. The fourth-order valence-electron chi connectivity index (χ4n) is 1.64. The highest BCUT2D eigenvalue weighted by Gasteiger charge is 2.01. The standard InChI is InChI=1S/C15H14N2O3S/c18-13(16-8-7-14-17-9-10-21-14)6-3-11-1-4-12(5-2-11)15(19)20/h1-6,9-10H,7-8H2,(H,16,18)(H,19,20)/b6-3+. The first kappa shape index (κ1) is 14.9. The minimum atomic E-state index is -0.967. The lowest BCUT2D eigenvalue weighted by molar-refractivity contribution is -0.116. The second kappa shape index (κ2) is 7.35. The molecule has 5 nitrogen and oxygen atoms in total. The monoisotopic (exact) mass is 302 g/mol. The van der Waals surface area contributed by atoms with E-state index in [1.807, 2.05) is 5.38 Å². The van der Waals surface area contributed by atoms with E-state index < -0.39 is 5.97 Å². The second-order valence-corrected chi connectivity index (χ2v) is 5.21.